The molecule has 7 N–H and O–H groups in total. The summed E-state index contributed by atoms with van der Waals surface area (Å²) in [7, 11) is -9.26. The third kappa shape index (κ3) is 6.22. The number of phosphoric acid groups is 2. The van der Waals surface area contributed by atoms with Gasteiger partial charge in [-0.2, -0.15) is 4.31 Å². The minimum atomic E-state index is -5.45. The van der Waals surface area contributed by atoms with Crippen LogP contribution in [-0.4, -0.2) is 77.2 Å². The lowest BCUT2D eigenvalue weighted by Crippen LogP contribution is -2.38. The van der Waals surface area contributed by atoms with Gasteiger partial charge in [-0.15, -0.1) is 0 Å². The van der Waals surface area contributed by atoms with Gasteiger partial charge >= 0.3 is 21.6 Å². The minimum absolute atomic E-state index is 0.0215. The second-order valence-corrected chi connectivity index (χ2v) is 10.8. The quantitative estimate of drug-likeness (QED) is 0.0623. The fourth-order valence-electron chi connectivity index (χ4n) is 3.86. The average Bonchev–Trinajstić information content (AvgIpc) is 3.39. The number of nitrogens with one attached hydrogen (secondary N) is 1. The molecule has 1 aliphatic heterocycles. The second-order valence-electron chi connectivity index (χ2n) is 7.96. The van der Waals surface area contributed by atoms with Gasteiger partial charge in [0, 0.05) is 17.6 Å². The zero-order chi connectivity index (χ0) is 29.2. The molecule has 0 aliphatic carbocycles. The molecular weight excluding hydrogens is 580 g/mol. The average molecular weight is 601 g/mol. The maximum Gasteiger partial charge on any atom is 0.481 e. The number of nitrogens with two attached hydrogens (primary N) is 1. The first-order valence-corrected chi connectivity index (χ1v) is 14.0. The van der Waals surface area contributed by atoms with Crippen molar-refractivity contribution in [3.63, 3.8) is 0 Å². The van der Waals surface area contributed by atoms with Crippen LogP contribution < -0.4 is 11.1 Å². The van der Waals surface area contributed by atoms with Crippen molar-refractivity contribution in [2.45, 2.75) is 24.5 Å². The van der Waals surface area contributed by atoms with Crippen LogP contribution in [0.4, 0.5) is 17.5 Å². The van der Waals surface area contributed by atoms with E-state index in [0.717, 1.165) is 10.9 Å². The second kappa shape index (κ2) is 11.4. The van der Waals surface area contributed by atoms with Gasteiger partial charge in [-0.3, -0.25) is 9.09 Å². The van der Waals surface area contributed by atoms with E-state index in [9.17, 15) is 23.9 Å². The molecule has 0 radical (unpaired) electrons. The molecule has 4 rings (SSSR count). The van der Waals surface area contributed by atoms with E-state index in [4.69, 9.17) is 30.5 Å². The minimum Gasteiger partial charge on any atom is -0.453 e. The number of aliphatic hydroxyl groups excluding tert-OH is 1. The Hall–Kier alpha value is -3.67. The maximum absolute atomic E-state index is 13.1. The molecule has 3 heterocycles. The van der Waals surface area contributed by atoms with E-state index < -0.39 is 52.8 Å². The lowest BCUT2D eigenvalue weighted by atomic mass is 10.1. The zero-order valence-electron chi connectivity index (χ0n) is 20.2. The SMILES string of the molecule is CNc1ccccc1C(=O)O[C@H]1[C@@H](O)[C@H](n2c(N=[N+]=[N-])nc3c(N)ncnc32)O[C@@H]1COP(=O)(O)OP(=O)(O)O. The van der Waals surface area contributed by atoms with Crippen molar-refractivity contribution in [3.8, 4) is 0 Å². The Balaban J connectivity index is 1.72. The Morgan fingerprint density at radius 2 is 2.02 bits per heavy atom. The summed E-state index contributed by atoms with van der Waals surface area (Å²) in [6.07, 6.45) is -5.46. The van der Waals surface area contributed by atoms with E-state index >= 15 is 0 Å². The first kappa shape index (κ1) is 29.3. The highest BCUT2D eigenvalue weighted by Gasteiger charge is 2.50. The van der Waals surface area contributed by atoms with E-state index in [1.807, 2.05) is 0 Å². The number of hydrogen-bond donors (Lipinski definition) is 6. The number of benzene rings is 1. The molecule has 3 aromatic rings. The molecule has 1 aliphatic rings. The molecule has 1 aromatic carbocycles. The van der Waals surface area contributed by atoms with Gasteiger partial charge in [-0.05, 0) is 22.8 Å². The number of carbonyl (C=O) groups is 1. The van der Waals surface area contributed by atoms with Crippen molar-refractivity contribution in [3.05, 3.63) is 46.6 Å². The molecule has 0 amide bonds. The molecule has 20 nitrogen and oxygen atoms in total. The number of fused-ring (bicyclic) bond motifs is 1. The Morgan fingerprint density at radius 1 is 1.30 bits per heavy atom. The van der Waals surface area contributed by atoms with Crippen LogP contribution in [0.15, 0.2) is 35.7 Å². The number of ether oxygens (including phenoxy) is 2. The maximum atomic E-state index is 13.1. The van der Waals surface area contributed by atoms with Crippen molar-refractivity contribution >= 4 is 50.2 Å². The predicted octanol–water partition coefficient (Wildman–Crippen LogP) is 1.10. The third-order valence-electron chi connectivity index (χ3n) is 5.46. The van der Waals surface area contributed by atoms with E-state index in [1.54, 1.807) is 25.2 Å². The molecule has 0 spiro atoms. The van der Waals surface area contributed by atoms with E-state index in [1.165, 1.54) is 6.07 Å². The fraction of sp³-hybridized carbons (Fsp3) is 0.333. The lowest BCUT2D eigenvalue weighted by molar-refractivity contribution is -0.0513. The Kier molecular flexibility index (Phi) is 8.38. The highest BCUT2D eigenvalue weighted by atomic mass is 31.3. The number of anilines is 2. The van der Waals surface area contributed by atoms with Gasteiger partial charge in [0.2, 0.25) is 5.95 Å². The molecule has 22 heteroatoms. The van der Waals surface area contributed by atoms with Crippen molar-refractivity contribution in [1.82, 2.24) is 19.5 Å². The van der Waals surface area contributed by atoms with Crippen molar-refractivity contribution in [1.29, 1.82) is 0 Å². The van der Waals surface area contributed by atoms with E-state index in [-0.39, 0.29) is 28.5 Å². The molecule has 1 saturated heterocycles. The van der Waals surface area contributed by atoms with Gasteiger partial charge in [-0.1, -0.05) is 12.1 Å². The van der Waals surface area contributed by atoms with Crippen molar-refractivity contribution in [2.24, 2.45) is 5.11 Å². The van der Waals surface area contributed by atoms with Gasteiger partial charge in [0.1, 0.15) is 18.5 Å². The first-order chi connectivity index (χ1) is 18.8. The molecule has 1 fully saturated rings. The smallest absolute Gasteiger partial charge is 0.453 e. The summed E-state index contributed by atoms with van der Waals surface area (Å²) in [5, 5.41) is 17.5. The number of nitrogen functional groups attached to an aromatic ring is 1. The number of azide groups is 1. The molecule has 40 heavy (non-hydrogen) atoms. The number of hydrogen-bond acceptors (Lipinski definition) is 14. The summed E-state index contributed by atoms with van der Waals surface area (Å²) in [6, 6.07) is 6.21. The number of rotatable bonds is 10. The van der Waals surface area contributed by atoms with Crippen LogP contribution in [0.2, 0.25) is 0 Å². The summed E-state index contributed by atoms with van der Waals surface area (Å²) < 4.78 is 43.8. The number of imidazole rings is 1. The van der Waals surface area contributed by atoms with Crippen LogP contribution in [-0.2, 0) is 27.4 Å². The van der Waals surface area contributed by atoms with Crippen LogP contribution >= 0.6 is 15.6 Å². The normalized spacial score (nSPS) is 22.4. The largest absolute Gasteiger partial charge is 0.481 e. The fourth-order valence-corrected chi connectivity index (χ4v) is 5.46. The standard InChI is InChI=1S/C18H21N9O11P2/c1-21-9-5-3-2-4-8(9)17(29)37-13-10(6-35-40(33,34)38-39(30,31)32)36-16(12(13)28)27-15-11(14(19)22-7-23-15)24-18(27)25-26-20/h2-5,7,10,12-13,16,21,28H,6H2,1H3,(H,33,34)(H2,19,22,23)(H2,30,31,32)/t10-,12-,13-,16-/m1/s1. The zero-order valence-corrected chi connectivity index (χ0v) is 21.9. The highest BCUT2D eigenvalue weighted by Crippen LogP contribution is 2.57. The van der Waals surface area contributed by atoms with Crippen molar-refractivity contribution in [2.75, 3.05) is 24.7 Å². The van der Waals surface area contributed by atoms with Gasteiger partial charge in [0.15, 0.2) is 29.3 Å². The first-order valence-electron chi connectivity index (χ1n) is 10.9. The van der Waals surface area contributed by atoms with Crippen molar-refractivity contribution < 1.29 is 52.0 Å². The van der Waals surface area contributed by atoms with E-state index in [0.29, 0.717) is 5.69 Å². The monoisotopic (exact) mass is 601 g/mol. The number of nitrogens with zero attached hydrogens (tertiary/aromatic N) is 7. The molecule has 214 valence electrons. The highest BCUT2D eigenvalue weighted by molar-refractivity contribution is 7.60. The number of para-hydroxylation sites is 1. The van der Waals surface area contributed by atoms with E-state index in [2.05, 4.69) is 39.1 Å². The number of aromatic nitrogens is 4. The van der Waals surface area contributed by atoms with Gasteiger partial charge in [-0.25, -0.2) is 28.9 Å². The van der Waals surface area contributed by atoms with Crippen LogP contribution in [0.1, 0.15) is 16.6 Å². The number of esters is 1. The summed E-state index contributed by atoms with van der Waals surface area (Å²) >= 11 is 0. The number of carbonyl (C=O) groups excluding carboxylic acids is 1. The molecule has 2 aromatic heterocycles. The summed E-state index contributed by atoms with van der Waals surface area (Å²) in [6.45, 7) is -0.979. The Bertz CT molecular complexity index is 1570. The summed E-state index contributed by atoms with van der Waals surface area (Å²) in [4.78, 5) is 55.0. The Labute approximate surface area is 223 Å². The predicted molar refractivity (Wildman–Crippen MR) is 133 cm³/mol. The Morgan fingerprint density at radius 3 is 2.70 bits per heavy atom. The van der Waals surface area contributed by atoms with Gasteiger partial charge in [0.25, 0.3) is 0 Å². The van der Waals surface area contributed by atoms with Gasteiger partial charge in [0.05, 0.1) is 12.2 Å². The third-order valence-corrected chi connectivity index (χ3v) is 7.61. The molecule has 1 unspecified atom stereocenters. The van der Waals surface area contributed by atoms with Crippen LogP contribution in [0.3, 0.4) is 0 Å². The topological polar surface area (TPSA) is 299 Å². The lowest BCUT2D eigenvalue weighted by Gasteiger charge is -2.22. The molecular formula is C18H21N9O11P2. The summed E-state index contributed by atoms with van der Waals surface area (Å²) in [5.41, 5.74) is 15.2. The molecule has 0 saturated carbocycles. The summed E-state index contributed by atoms with van der Waals surface area (Å²) in [5.74, 6) is -1.43. The van der Waals surface area contributed by atoms with Crippen LogP contribution in [0.5, 0.6) is 0 Å². The number of aliphatic hydroxyl groups is 1. The number of phosphoric ester groups is 1. The van der Waals surface area contributed by atoms with Crippen LogP contribution in [0, 0.1) is 0 Å². The molecule has 5 atom stereocenters. The van der Waals surface area contributed by atoms with Crippen LogP contribution in [0.25, 0.3) is 21.6 Å². The molecule has 0 bridgehead atoms. The van der Waals surface area contributed by atoms with Gasteiger partial charge < -0.3 is 40.3 Å².